The molecule has 2 amide bonds. The molecule has 0 atom stereocenters. The Morgan fingerprint density at radius 2 is 1.96 bits per heavy atom. The Bertz CT molecular complexity index is 759. The van der Waals surface area contributed by atoms with E-state index in [1.54, 1.807) is 48.5 Å². The third-order valence-electron chi connectivity index (χ3n) is 3.93. The fourth-order valence-corrected chi connectivity index (χ4v) is 2.82. The van der Waals surface area contributed by atoms with Crippen LogP contribution in [-0.2, 0) is 17.8 Å². The molecule has 5 nitrogen and oxygen atoms in total. The van der Waals surface area contributed by atoms with Crippen LogP contribution in [0.15, 0.2) is 36.7 Å². The molecule has 2 aromatic rings. The zero-order chi connectivity index (χ0) is 16.4. The van der Waals surface area contributed by atoms with Crippen LogP contribution < -0.4 is 5.32 Å². The zero-order valence-corrected chi connectivity index (χ0v) is 13.4. The van der Waals surface area contributed by atoms with Gasteiger partial charge in [-0.2, -0.15) is 0 Å². The molecule has 0 fully saturated rings. The van der Waals surface area contributed by atoms with Crippen LogP contribution in [0.3, 0.4) is 0 Å². The number of amides is 2. The highest BCUT2D eigenvalue weighted by Crippen LogP contribution is 2.23. The SMILES string of the molecule is CC(=O)N1CCc2c(cncc2C(=O)Nc2ccc(Cl)cc2)C1. The lowest BCUT2D eigenvalue weighted by Crippen LogP contribution is -2.35. The van der Waals surface area contributed by atoms with Gasteiger partial charge in [0.2, 0.25) is 5.91 Å². The molecule has 0 radical (unpaired) electrons. The monoisotopic (exact) mass is 329 g/mol. The molecule has 23 heavy (non-hydrogen) atoms. The van der Waals surface area contributed by atoms with Gasteiger partial charge in [0, 0.05) is 43.1 Å². The van der Waals surface area contributed by atoms with Crippen molar-refractivity contribution in [1.29, 1.82) is 0 Å². The molecule has 0 aliphatic carbocycles. The van der Waals surface area contributed by atoms with Gasteiger partial charge in [0.15, 0.2) is 0 Å². The molecule has 1 aromatic carbocycles. The van der Waals surface area contributed by atoms with Crippen LogP contribution in [0.25, 0.3) is 0 Å². The van der Waals surface area contributed by atoms with Crippen LogP contribution in [0.2, 0.25) is 5.02 Å². The van der Waals surface area contributed by atoms with Gasteiger partial charge in [-0.05, 0) is 41.8 Å². The van der Waals surface area contributed by atoms with Gasteiger partial charge in [-0.3, -0.25) is 14.6 Å². The van der Waals surface area contributed by atoms with Crippen molar-refractivity contribution >= 4 is 29.1 Å². The van der Waals surface area contributed by atoms with Crippen LogP contribution in [0.4, 0.5) is 5.69 Å². The minimum absolute atomic E-state index is 0.0340. The van der Waals surface area contributed by atoms with Crippen molar-refractivity contribution in [2.75, 3.05) is 11.9 Å². The Labute approximate surface area is 139 Å². The average molecular weight is 330 g/mol. The maximum atomic E-state index is 12.5. The van der Waals surface area contributed by atoms with Gasteiger partial charge in [-0.25, -0.2) is 0 Å². The lowest BCUT2D eigenvalue weighted by molar-refractivity contribution is -0.129. The Kier molecular flexibility index (Phi) is 4.30. The Morgan fingerprint density at radius 3 is 2.65 bits per heavy atom. The molecule has 0 saturated heterocycles. The number of halogens is 1. The third-order valence-corrected chi connectivity index (χ3v) is 4.18. The van der Waals surface area contributed by atoms with E-state index in [1.807, 2.05) is 0 Å². The summed E-state index contributed by atoms with van der Waals surface area (Å²) >= 11 is 5.84. The summed E-state index contributed by atoms with van der Waals surface area (Å²) in [6, 6.07) is 6.95. The van der Waals surface area contributed by atoms with Crippen molar-refractivity contribution in [3.63, 3.8) is 0 Å². The van der Waals surface area contributed by atoms with Crippen LogP contribution in [0.5, 0.6) is 0 Å². The minimum atomic E-state index is -0.201. The van der Waals surface area contributed by atoms with E-state index >= 15 is 0 Å². The topological polar surface area (TPSA) is 62.3 Å². The number of benzene rings is 1. The van der Waals surface area contributed by atoms with Crippen molar-refractivity contribution in [3.05, 3.63) is 58.4 Å². The normalized spacial score (nSPS) is 13.4. The maximum absolute atomic E-state index is 12.5. The highest BCUT2D eigenvalue weighted by atomic mass is 35.5. The number of aromatic nitrogens is 1. The van der Waals surface area contributed by atoms with Crippen LogP contribution >= 0.6 is 11.6 Å². The van der Waals surface area contributed by atoms with Crippen molar-refractivity contribution < 1.29 is 9.59 Å². The number of nitrogens with zero attached hydrogens (tertiary/aromatic N) is 2. The number of anilines is 1. The van der Waals surface area contributed by atoms with Gasteiger partial charge >= 0.3 is 0 Å². The van der Waals surface area contributed by atoms with E-state index in [0.29, 0.717) is 35.8 Å². The predicted molar refractivity (Wildman–Crippen MR) is 88.4 cm³/mol. The second-order valence-electron chi connectivity index (χ2n) is 5.48. The fraction of sp³-hybridized carbons (Fsp3) is 0.235. The summed E-state index contributed by atoms with van der Waals surface area (Å²) in [7, 11) is 0. The van der Waals surface area contributed by atoms with E-state index < -0.39 is 0 Å². The molecule has 1 N–H and O–H groups in total. The van der Waals surface area contributed by atoms with Crippen molar-refractivity contribution in [3.8, 4) is 0 Å². The average Bonchev–Trinajstić information content (AvgIpc) is 2.55. The molecule has 1 aromatic heterocycles. The number of rotatable bonds is 2. The zero-order valence-electron chi connectivity index (χ0n) is 12.7. The van der Waals surface area contributed by atoms with Gasteiger partial charge in [0.1, 0.15) is 0 Å². The number of fused-ring (bicyclic) bond motifs is 1. The molecule has 0 spiro atoms. The smallest absolute Gasteiger partial charge is 0.257 e. The van der Waals surface area contributed by atoms with E-state index in [2.05, 4.69) is 10.3 Å². The number of nitrogens with one attached hydrogen (secondary N) is 1. The first kappa shape index (κ1) is 15.5. The molecule has 118 valence electrons. The summed E-state index contributed by atoms with van der Waals surface area (Å²) in [6.45, 7) is 2.67. The molecule has 0 bridgehead atoms. The Balaban J connectivity index is 1.83. The molecule has 3 rings (SSSR count). The van der Waals surface area contributed by atoms with Gasteiger partial charge < -0.3 is 10.2 Å². The summed E-state index contributed by atoms with van der Waals surface area (Å²) in [5.74, 6) is -0.167. The molecule has 2 heterocycles. The van der Waals surface area contributed by atoms with Crippen molar-refractivity contribution in [2.24, 2.45) is 0 Å². The molecule has 1 aliphatic heterocycles. The van der Waals surface area contributed by atoms with Crippen LogP contribution in [0.1, 0.15) is 28.4 Å². The van der Waals surface area contributed by atoms with Crippen molar-refractivity contribution in [1.82, 2.24) is 9.88 Å². The lowest BCUT2D eigenvalue weighted by Gasteiger charge is -2.28. The van der Waals surface area contributed by atoms with Gasteiger partial charge in [0.05, 0.1) is 5.56 Å². The predicted octanol–water partition coefficient (Wildman–Crippen LogP) is 2.89. The molecule has 0 unspecified atom stereocenters. The highest BCUT2D eigenvalue weighted by molar-refractivity contribution is 6.30. The van der Waals surface area contributed by atoms with E-state index in [-0.39, 0.29) is 11.8 Å². The van der Waals surface area contributed by atoms with Gasteiger partial charge in [-0.15, -0.1) is 0 Å². The first-order valence-electron chi connectivity index (χ1n) is 7.33. The van der Waals surface area contributed by atoms with Gasteiger partial charge in [0.25, 0.3) is 5.91 Å². The Hall–Kier alpha value is -2.40. The van der Waals surface area contributed by atoms with E-state index in [0.717, 1.165) is 11.1 Å². The summed E-state index contributed by atoms with van der Waals surface area (Å²) in [5.41, 5.74) is 3.12. The Morgan fingerprint density at radius 1 is 1.22 bits per heavy atom. The second-order valence-corrected chi connectivity index (χ2v) is 5.91. The molecule has 1 aliphatic rings. The third kappa shape index (κ3) is 3.35. The number of carbonyl (C=O) groups is 2. The number of carbonyl (C=O) groups excluding carboxylic acids is 2. The van der Waals surface area contributed by atoms with E-state index in [1.165, 1.54) is 0 Å². The molecule has 6 heteroatoms. The minimum Gasteiger partial charge on any atom is -0.338 e. The first-order valence-corrected chi connectivity index (χ1v) is 7.70. The van der Waals surface area contributed by atoms with Crippen molar-refractivity contribution in [2.45, 2.75) is 19.9 Å². The summed E-state index contributed by atoms with van der Waals surface area (Å²) < 4.78 is 0. The standard InChI is InChI=1S/C17H16ClN3O2/c1-11(22)21-7-6-15-12(10-21)8-19-9-16(15)17(23)20-14-4-2-13(18)3-5-14/h2-5,8-9H,6-7,10H2,1H3,(H,20,23). The summed E-state index contributed by atoms with van der Waals surface area (Å²) in [5, 5.41) is 3.47. The summed E-state index contributed by atoms with van der Waals surface area (Å²) in [6.07, 6.45) is 3.96. The number of hydrogen-bond acceptors (Lipinski definition) is 3. The fourth-order valence-electron chi connectivity index (χ4n) is 2.69. The number of pyridine rings is 1. The van der Waals surface area contributed by atoms with E-state index in [4.69, 9.17) is 11.6 Å². The highest BCUT2D eigenvalue weighted by Gasteiger charge is 2.23. The maximum Gasteiger partial charge on any atom is 0.257 e. The first-order chi connectivity index (χ1) is 11.0. The van der Waals surface area contributed by atoms with E-state index in [9.17, 15) is 9.59 Å². The van der Waals surface area contributed by atoms with Crippen LogP contribution in [0, 0.1) is 0 Å². The second kappa shape index (κ2) is 6.38. The quantitative estimate of drug-likeness (QED) is 0.921. The largest absolute Gasteiger partial charge is 0.338 e. The molecular weight excluding hydrogens is 314 g/mol. The van der Waals surface area contributed by atoms with Gasteiger partial charge in [-0.1, -0.05) is 11.6 Å². The molecular formula is C17H16ClN3O2. The summed E-state index contributed by atoms with van der Waals surface area (Å²) in [4.78, 5) is 29.9. The number of hydrogen-bond donors (Lipinski definition) is 1. The lowest BCUT2D eigenvalue weighted by atomic mass is 9.96. The molecule has 0 saturated carbocycles. The van der Waals surface area contributed by atoms with Crippen LogP contribution in [-0.4, -0.2) is 28.2 Å².